The van der Waals surface area contributed by atoms with E-state index in [1.807, 2.05) is 27.7 Å². The van der Waals surface area contributed by atoms with Gasteiger partial charge in [-0.3, -0.25) is 0 Å². The summed E-state index contributed by atoms with van der Waals surface area (Å²) in [6, 6.07) is 3.26. The van der Waals surface area contributed by atoms with Crippen LogP contribution in [0.1, 0.15) is 43.6 Å². The van der Waals surface area contributed by atoms with E-state index in [0.717, 1.165) is 0 Å². The fourth-order valence-electron chi connectivity index (χ4n) is 2.28. The number of aryl methyl sites for hydroxylation is 1. The van der Waals surface area contributed by atoms with E-state index in [9.17, 15) is 9.90 Å². The summed E-state index contributed by atoms with van der Waals surface area (Å²) in [5, 5.41) is 10.1. The summed E-state index contributed by atoms with van der Waals surface area (Å²) in [6.45, 7) is 9.58. The standard InChI is InChI=1S/C15H21BO5/c1-9-7-10(8-11(17)12(9)13(18)19-6)16-20-14(2,3)15(4,5)21-16/h7-8,17H,1-6H3. The molecule has 0 radical (unpaired) electrons. The number of hydrogen-bond acceptors (Lipinski definition) is 5. The summed E-state index contributed by atoms with van der Waals surface area (Å²) in [5.74, 6) is -0.697. The zero-order chi connectivity index (χ0) is 16.0. The van der Waals surface area contributed by atoms with Crippen LogP contribution in [0.3, 0.4) is 0 Å². The maximum absolute atomic E-state index is 11.6. The number of carbonyl (C=O) groups is 1. The van der Waals surface area contributed by atoms with Gasteiger partial charge in [-0.2, -0.15) is 0 Å². The van der Waals surface area contributed by atoms with Crippen LogP contribution in [0.5, 0.6) is 5.75 Å². The van der Waals surface area contributed by atoms with Crippen LogP contribution in [0.4, 0.5) is 0 Å². The van der Waals surface area contributed by atoms with E-state index in [1.165, 1.54) is 13.2 Å². The zero-order valence-corrected chi connectivity index (χ0v) is 13.3. The number of phenols is 1. The summed E-state index contributed by atoms with van der Waals surface area (Å²) in [7, 11) is 0.704. The fourth-order valence-corrected chi connectivity index (χ4v) is 2.28. The summed E-state index contributed by atoms with van der Waals surface area (Å²) in [6.07, 6.45) is 0. The van der Waals surface area contributed by atoms with Gasteiger partial charge in [0.1, 0.15) is 11.3 Å². The predicted molar refractivity (Wildman–Crippen MR) is 79.9 cm³/mol. The molecule has 1 N–H and O–H groups in total. The molecule has 114 valence electrons. The van der Waals surface area contributed by atoms with Crippen molar-refractivity contribution in [2.75, 3.05) is 7.11 Å². The Bertz CT molecular complexity index is 540. The van der Waals surface area contributed by atoms with Crippen molar-refractivity contribution < 1.29 is 23.9 Å². The average molecular weight is 292 g/mol. The number of benzene rings is 1. The van der Waals surface area contributed by atoms with Gasteiger partial charge in [-0.1, -0.05) is 6.07 Å². The maximum atomic E-state index is 11.6. The predicted octanol–water partition coefficient (Wildman–Crippen LogP) is 1.79. The molecule has 0 atom stereocenters. The lowest BCUT2D eigenvalue weighted by atomic mass is 9.77. The Morgan fingerprint density at radius 2 is 1.71 bits per heavy atom. The van der Waals surface area contributed by atoms with Gasteiger partial charge < -0.3 is 19.2 Å². The molecule has 1 aromatic rings. The molecule has 1 saturated heterocycles. The highest BCUT2D eigenvalue weighted by Crippen LogP contribution is 2.37. The highest BCUT2D eigenvalue weighted by Gasteiger charge is 2.51. The van der Waals surface area contributed by atoms with E-state index in [4.69, 9.17) is 9.31 Å². The Hall–Kier alpha value is -1.53. The first-order valence-electron chi connectivity index (χ1n) is 6.86. The topological polar surface area (TPSA) is 65.0 Å². The quantitative estimate of drug-likeness (QED) is 0.665. The van der Waals surface area contributed by atoms with E-state index in [1.54, 1.807) is 13.0 Å². The van der Waals surface area contributed by atoms with Gasteiger partial charge in [0.2, 0.25) is 0 Å². The SMILES string of the molecule is COC(=O)c1c(C)cc(B2OC(C)(C)C(C)(C)O2)cc1O. The first-order valence-corrected chi connectivity index (χ1v) is 6.86. The van der Waals surface area contributed by atoms with E-state index in [0.29, 0.717) is 11.0 Å². The van der Waals surface area contributed by atoms with E-state index in [-0.39, 0.29) is 11.3 Å². The summed E-state index contributed by atoms with van der Waals surface area (Å²) >= 11 is 0. The molecule has 1 heterocycles. The van der Waals surface area contributed by atoms with Crippen LogP contribution in [0.2, 0.25) is 0 Å². The van der Waals surface area contributed by atoms with Crippen molar-refractivity contribution in [2.24, 2.45) is 0 Å². The fraction of sp³-hybridized carbons (Fsp3) is 0.533. The number of esters is 1. The van der Waals surface area contributed by atoms with E-state index < -0.39 is 24.3 Å². The highest BCUT2D eigenvalue weighted by atomic mass is 16.7. The van der Waals surface area contributed by atoms with Gasteiger partial charge >= 0.3 is 13.1 Å². The lowest BCUT2D eigenvalue weighted by Crippen LogP contribution is -2.41. The Morgan fingerprint density at radius 1 is 1.19 bits per heavy atom. The van der Waals surface area contributed by atoms with Gasteiger partial charge in [0.25, 0.3) is 0 Å². The van der Waals surface area contributed by atoms with E-state index >= 15 is 0 Å². The molecule has 21 heavy (non-hydrogen) atoms. The van der Waals surface area contributed by atoms with Gasteiger partial charge in [-0.15, -0.1) is 0 Å². The number of phenolic OH excluding ortho intramolecular Hbond substituents is 1. The molecule has 0 aromatic heterocycles. The Balaban J connectivity index is 2.38. The molecular formula is C15H21BO5. The number of ether oxygens (including phenoxy) is 1. The minimum atomic E-state index is -0.578. The number of hydrogen-bond donors (Lipinski definition) is 1. The van der Waals surface area contributed by atoms with Crippen molar-refractivity contribution in [1.29, 1.82) is 0 Å². The molecule has 0 aliphatic carbocycles. The largest absolute Gasteiger partial charge is 0.507 e. The monoisotopic (exact) mass is 292 g/mol. The zero-order valence-electron chi connectivity index (χ0n) is 13.3. The Labute approximate surface area is 125 Å². The number of aromatic hydroxyl groups is 1. The van der Waals surface area contributed by atoms with Gasteiger partial charge in [-0.05, 0) is 51.7 Å². The Kier molecular flexibility index (Phi) is 3.80. The molecule has 0 amide bonds. The molecule has 0 spiro atoms. The second kappa shape index (κ2) is 5.03. The number of rotatable bonds is 2. The molecule has 5 nitrogen and oxygen atoms in total. The molecule has 0 saturated carbocycles. The van der Waals surface area contributed by atoms with Crippen LogP contribution in [0.15, 0.2) is 12.1 Å². The number of carbonyl (C=O) groups excluding carboxylic acids is 1. The van der Waals surface area contributed by atoms with E-state index in [2.05, 4.69) is 4.74 Å². The summed E-state index contributed by atoms with van der Waals surface area (Å²) in [4.78, 5) is 11.6. The third-order valence-electron chi connectivity index (χ3n) is 4.25. The van der Waals surface area contributed by atoms with Crippen molar-refractivity contribution in [3.8, 4) is 5.75 Å². The van der Waals surface area contributed by atoms with Gasteiger partial charge in [0.05, 0.1) is 18.3 Å². The third-order valence-corrected chi connectivity index (χ3v) is 4.25. The van der Waals surface area contributed by atoms with Crippen molar-refractivity contribution in [3.63, 3.8) is 0 Å². The molecule has 1 aliphatic heterocycles. The molecule has 6 heteroatoms. The third kappa shape index (κ3) is 2.65. The van der Waals surface area contributed by atoms with Crippen LogP contribution in [0.25, 0.3) is 0 Å². The minimum absolute atomic E-state index is 0.133. The van der Waals surface area contributed by atoms with Crippen LogP contribution >= 0.6 is 0 Å². The second-order valence-corrected chi connectivity index (χ2v) is 6.31. The molecule has 0 bridgehead atoms. The molecular weight excluding hydrogens is 271 g/mol. The van der Waals surface area contributed by atoms with Crippen LogP contribution < -0.4 is 5.46 Å². The Morgan fingerprint density at radius 3 is 2.14 bits per heavy atom. The van der Waals surface area contributed by atoms with Crippen LogP contribution in [-0.4, -0.2) is 36.5 Å². The van der Waals surface area contributed by atoms with Crippen LogP contribution in [-0.2, 0) is 14.0 Å². The van der Waals surface area contributed by atoms with Crippen molar-refractivity contribution in [3.05, 3.63) is 23.3 Å². The van der Waals surface area contributed by atoms with Gasteiger partial charge in [0, 0.05) is 0 Å². The molecule has 2 rings (SSSR count). The molecule has 1 aliphatic rings. The van der Waals surface area contributed by atoms with Gasteiger partial charge in [0.15, 0.2) is 0 Å². The normalized spacial score (nSPS) is 19.6. The molecule has 1 aromatic carbocycles. The first kappa shape index (κ1) is 15.9. The van der Waals surface area contributed by atoms with Crippen LogP contribution in [0, 0.1) is 6.92 Å². The molecule has 1 fully saturated rings. The van der Waals surface area contributed by atoms with Crippen molar-refractivity contribution in [2.45, 2.75) is 45.8 Å². The lowest BCUT2D eigenvalue weighted by molar-refractivity contribution is 0.00578. The van der Waals surface area contributed by atoms with Crippen molar-refractivity contribution in [1.82, 2.24) is 0 Å². The lowest BCUT2D eigenvalue weighted by Gasteiger charge is -2.32. The molecule has 0 unspecified atom stereocenters. The first-order chi connectivity index (χ1) is 9.59. The highest BCUT2D eigenvalue weighted by molar-refractivity contribution is 6.62. The second-order valence-electron chi connectivity index (χ2n) is 6.31. The summed E-state index contributed by atoms with van der Waals surface area (Å²) in [5.41, 5.74) is 0.547. The maximum Gasteiger partial charge on any atom is 0.494 e. The van der Waals surface area contributed by atoms with Gasteiger partial charge in [-0.25, -0.2) is 4.79 Å². The number of methoxy groups -OCH3 is 1. The smallest absolute Gasteiger partial charge is 0.494 e. The average Bonchev–Trinajstić information content (AvgIpc) is 2.57. The van der Waals surface area contributed by atoms with Crippen molar-refractivity contribution >= 4 is 18.6 Å². The summed E-state index contributed by atoms with van der Waals surface area (Å²) < 4.78 is 16.5. The minimum Gasteiger partial charge on any atom is -0.507 e.